The first-order chi connectivity index (χ1) is 16.6. The zero-order valence-corrected chi connectivity index (χ0v) is 20.0. The predicted octanol–water partition coefficient (Wildman–Crippen LogP) is 4.16. The van der Waals surface area contributed by atoms with Crippen LogP contribution in [0.2, 0.25) is 0 Å². The van der Waals surface area contributed by atoms with Gasteiger partial charge in [-0.15, -0.1) is 0 Å². The molecule has 1 unspecified atom stereocenters. The minimum atomic E-state index is -0.440. The molecule has 2 aliphatic rings. The van der Waals surface area contributed by atoms with Gasteiger partial charge >= 0.3 is 5.97 Å². The van der Waals surface area contributed by atoms with Crippen LogP contribution >= 0.6 is 11.8 Å². The van der Waals surface area contributed by atoms with Crippen molar-refractivity contribution < 1.29 is 19.1 Å². The average Bonchev–Trinajstić information content (AvgIpc) is 3.24. The highest BCUT2D eigenvalue weighted by Crippen LogP contribution is 2.44. The van der Waals surface area contributed by atoms with Crippen molar-refractivity contribution >= 4 is 28.8 Å². The maximum atomic E-state index is 13.4. The predicted molar refractivity (Wildman–Crippen MR) is 133 cm³/mol. The minimum absolute atomic E-state index is 0.114. The van der Waals surface area contributed by atoms with Gasteiger partial charge in [0.25, 0.3) is 0 Å². The van der Waals surface area contributed by atoms with E-state index in [1.165, 1.54) is 11.8 Å². The van der Waals surface area contributed by atoms with Gasteiger partial charge in [-0.1, -0.05) is 72.4 Å². The van der Waals surface area contributed by atoms with Crippen LogP contribution in [0, 0.1) is 0 Å². The molecule has 176 valence electrons. The first-order valence-corrected chi connectivity index (χ1v) is 11.9. The maximum absolute atomic E-state index is 13.4. The molecule has 34 heavy (non-hydrogen) atoms. The standard InChI is InChI=1S/C26H27N3O4S/c1-18-23(25(31)33-16-19-9-5-3-6-10-19)24(20-11-7-4-8-12-20)29-21(17-34-26(29)28-18)15-22(30)27-13-14-32-2/h3-12,17,24H,13-16H2,1-2H3,(H,27,30). The zero-order chi connectivity index (χ0) is 23.9. The average molecular weight is 478 g/mol. The number of hydrogen-bond donors (Lipinski definition) is 1. The molecule has 2 aliphatic heterocycles. The third-order valence-electron chi connectivity index (χ3n) is 5.52. The molecule has 0 aromatic heterocycles. The second-order valence-electron chi connectivity index (χ2n) is 7.88. The fourth-order valence-electron chi connectivity index (χ4n) is 3.90. The Hall–Kier alpha value is -3.36. The van der Waals surface area contributed by atoms with Gasteiger partial charge in [0.1, 0.15) is 6.61 Å². The number of thioether (sulfide) groups is 1. The maximum Gasteiger partial charge on any atom is 0.338 e. The number of nitrogens with one attached hydrogen (secondary N) is 1. The number of carbonyl (C=O) groups is 2. The van der Waals surface area contributed by atoms with Gasteiger partial charge in [0, 0.05) is 19.4 Å². The number of hydrogen-bond acceptors (Lipinski definition) is 7. The normalized spacial score (nSPS) is 17.1. The minimum Gasteiger partial charge on any atom is -0.457 e. The fourth-order valence-corrected chi connectivity index (χ4v) is 4.87. The van der Waals surface area contributed by atoms with Crippen molar-refractivity contribution in [1.29, 1.82) is 0 Å². The quantitative estimate of drug-likeness (QED) is 0.432. The van der Waals surface area contributed by atoms with Crippen LogP contribution in [0.15, 0.2) is 88.0 Å². The van der Waals surface area contributed by atoms with Crippen molar-refractivity contribution in [3.8, 4) is 0 Å². The third-order valence-corrected chi connectivity index (χ3v) is 6.41. The highest BCUT2D eigenvalue weighted by Gasteiger charge is 2.41. The summed E-state index contributed by atoms with van der Waals surface area (Å²) in [6.07, 6.45) is 0.171. The fraction of sp³-hybridized carbons (Fsp3) is 0.269. The Bertz CT molecular complexity index is 1130. The number of allylic oxidation sites excluding steroid dienone is 1. The summed E-state index contributed by atoms with van der Waals surface area (Å²) >= 11 is 1.45. The highest BCUT2D eigenvalue weighted by molar-refractivity contribution is 8.16. The number of ether oxygens (including phenoxy) is 2. The van der Waals surface area contributed by atoms with Crippen LogP contribution in [-0.2, 0) is 25.7 Å². The van der Waals surface area contributed by atoms with Crippen LogP contribution in [0.3, 0.4) is 0 Å². The molecule has 0 saturated carbocycles. The molecule has 1 amide bonds. The van der Waals surface area contributed by atoms with Gasteiger partial charge in [0.2, 0.25) is 5.91 Å². The molecule has 0 bridgehead atoms. The lowest BCUT2D eigenvalue weighted by molar-refractivity contribution is -0.141. The van der Waals surface area contributed by atoms with Crippen LogP contribution in [0.1, 0.15) is 30.5 Å². The molecule has 8 heteroatoms. The number of fused-ring (bicyclic) bond motifs is 1. The molecular weight excluding hydrogens is 450 g/mol. The molecule has 1 N–H and O–H groups in total. The van der Waals surface area contributed by atoms with Gasteiger partial charge in [-0.05, 0) is 23.5 Å². The monoisotopic (exact) mass is 477 g/mol. The SMILES string of the molecule is COCCNC(=O)CC1=CSC2=NC(C)=C(C(=O)OCc3ccccc3)C(c3ccccc3)N12. The molecule has 1 atom stereocenters. The summed E-state index contributed by atoms with van der Waals surface area (Å²) in [7, 11) is 1.59. The number of carbonyl (C=O) groups excluding carboxylic acids is 2. The summed E-state index contributed by atoms with van der Waals surface area (Å²) in [5.41, 5.74) is 3.71. The molecule has 0 fully saturated rings. The molecule has 7 nitrogen and oxygen atoms in total. The number of amides is 1. The van der Waals surface area contributed by atoms with Crippen molar-refractivity contribution in [2.24, 2.45) is 4.99 Å². The van der Waals surface area contributed by atoms with Gasteiger partial charge in [0.05, 0.1) is 30.3 Å². The number of rotatable bonds is 9. The van der Waals surface area contributed by atoms with Crippen molar-refractivity contribution in [1.82, 2.24) is 10.2 Å². The molecule has 2 heterocycles. The van der Waals surface area contributed by atoms with Gasteiger partial charge in [-0.3, -0.25) is 4.79 Å². The second kappa shape index (κ2) is 11.2. The number of methoxy groups -OCH3 is 1. The Labute approximate surface area is 203 Å². The van der Waals surface area contributed by atoms with E-state index in [2.05, 4.69) is 5.32 Å². The summed E-state index contributed by atoms with van der Waals surface area (Å²) in [6, 6.07) is 18.9. The third kappa shape index (κ3) is 5.40. The molecule has 0 spiro atoms. The van der Waals surface area contributed by atoms with Crippen LogP contribution in [0.4, 0.5) is 0 Å². The van der Waals surface area contributed by atoms with E-state index in [4.69, 9.17) is 14.5 Å². The zero-order valence-electron chi connectivity index (χ0n) is 19.2. The Morgan fingerprint density at radius 2 is 1.79 bits per heavy atom. The number of amidine groups is 1. The lowest BCUT2D eigenvalue weighted by atomic mass is 9.94. The number of esters is 1. The summed E-state index contributed by atoms with van der Waals surface area (Å²) in [4.78, 5) is 32.6. The number of benzene rings is 2. The van der Waals surface area contributed by atoms with Crippen LogP contribution in [-0.4, -0.2) is 42.2 Å². The molecule has 2 aromatic carbocycles. The van der Waals surface area contributed by atoms with Crippen molar-refractivity contribution in [3.05, 3.63) is 94.2 Å². The van der Waals surface area contributed by atoms with Crippen molar-refractivity contribution in [3.63, 3.8) is 0 Å². The second-order valence-corrected chi connectivity index (χ2v) is 8.72. The van der Waals surface area contributed by atoms with E-state index in [0.717, 1.165) is 22.0 Å². The smallest absolute Gasteiger partial charge is 0.338 e. The lowest BCUT2D eigenvalue weighted by Crippen LogP contribution is -2.38. The van der Waals surface area contributed by atoms with Crippen molar-refractivity contribution in [2.75, 3.05) is 20.3 Å². The molecular formula is C26H27N3O4S. The van der Waals surface area contributed by atoms with Gasteiger partial charge in [-0.25, -0.2) is 9.79 Å². The van der Waals surface area contributed by atoms with E-state index < -0.39 is 12.0 Å². The largest absolute Gasteiger partial charge is 0.457 e. The van der Waals surface area contributed by atoms with E-state index in [1.807, 2.05) is 77.9 Å². The molecule has 0 radical (unpaired) electrons. The van der Waals surface area contributed by atoms with Crippen LogP contribution in [0.5, 0.6) is 0 Å². The molecule has 0 aliphatic carbocycles. The Morgan fingerprint density at radius 3 is 2.50 bits per heavy atom. The summed E-state index contributed by atoms with van der Waals surface area (Å²) < 4.78 is 10.7. The number of nitrogens with zero attached hydrogens (tertiary/aromatic N) is 2. The van der Waals surface area contributed by atoms with E-state index in [-0.39, 0.29) is 18.9 Å². The van der Waals surface area contributed by atoms with Crippen LogP contribution < -0.4 is 5.32 Å². The first kappa shape index (κ1) is 23.8. The summed E-state index contributed by atoms with van der Waals surface area (Å²) in [5, 5.41) is 5.53. The van der Waals surface area contributed by atoms with E-state index in [9.17, 15) is 9.59 Å². The van der Waals surface area contributed by atoms with E-state index in [0.29, 0.717) is 24.4 Å². The van der Waals surface area contributed by atoms with Crippen molar-refractivity contribution in [2.45, 2.75) is 26.0 Å². The van der Waals surface area contributed by atoms with Crippen LogP contribution in [0.25, 0.3) is 0 Å². The lowest BCUT2D eigenvalue weighted by Gasteiger charge is -2.36. The first-order valence-electron chi connectivity index (χ1n) is 11.0. The Kier molecular flexibility index (Phi) is 7.82. The highest BCUT2D eigenvalue weighted by atomic mass is 32.2. The van der Waals surface area contributed by atoms with E-state index in [1.54, 1.807) is 7.11 Å². The molecule has 2 aromatic rings. The topological polar surface area (TPSA) is 80.2 Å². The van der Waals surface area contributed by atoms with Gasteiger partial charge < -0.3 is 19.7 Å². The molecule has 4 rings (SSSR count). The Balaban J connectivity index is 1.61. The molecule has 0 saturated heterocycles. The van der Waals surface area contributed by atoms with E-state index >= 15 is 0 Å². The van der Waals surface area contributed by atoms with Gasteiger partial charge in [0.15, 0.2) is 5.17 Å². The van der Waals surface area contributed by atoms with Gasteiger partial charge in [-0.2, -0.15) is 0 Å². The number of aliphatic imine (C=N–C) groups is 1. The summed E-state index contributed by atoms with van der Waals surface area (Å²) in [6.45, 7) is 2.89. The summed E-state index contributed by atoms with van der Waals surface area (Å²) in [5.74, 6) is -0.532. The Morgan fingerprint density at radius 1 is 1.09 bits per heavy atom.